The maximum atomic E-state index is 8.91. The molecular weight excluding hydrogens is 238 g/mol. The third kappa shape index (κ3) is 43.8. The van der Waals surface area contributed by atoms with Crippen molar-refractivity contribution in [1.82, 2.24) is 0 Å². The zero-order valence-electron chi connectivity index (χ0n) is 5.95. The van der Waals surface area contributed by atoms with Crippen molar-refractivity contribution in [3.8, 4) is 0 Å². The van der Waals surface area contributed by atoms with Crippen molar-refractivity contribution in [1.29, 1.82) is 0 Å². The molecule has 0 atom stereocenters. The van der Waals surface area contributed by atoms with Gasteiger partial charge in [-0.25, -0.2) is 8.42 Å². The van der Waals surface area contributed by atoms with Crippen LogP contribution in [-0.2, 0) is 14.7 Å². The number of hydrogen-bond donors (Lipinski definition) is 0. The van der Waals surface area contributed by atoms with Crippen LogP contribution in [0.3, 0.4) is 0 Å². The molecule has 0 rings (SSSR count). The molecule has 0 aliphatic rings. The van der Waals surface area contributed by atoms with Gasteiger partial charge in [-0.3, -0.25) is 0 Å². The summed E-state index contributed by atoms with van der Waals surface area (Å²) in [5.41, 5.74) is 0. The molecule has 0 bridgehead atoms. The first kappa shape index (κ1) is 37.0. The van der Waals surface area contributed by atoms with E-state index in [-0.39, 0.29) is 119 Å². The van der Waals surface area contributed by atoms with Crippen LogP contribution in [0.4, 0.5) is 0 Å². The summed E-state index contributed by atoms with van der Waals surface area (Å²) in [5, 5.41) is 8.55. The zero-order chi connectivity index (χ0) is 5.21. The van der Waals surface area contributed by atoms with Crippen molar-refractivity contribution in [2.75, 3.05) is 0 Å². The zero-order valence-corrected chi connectivity index (χ0v) is 13.0. The fraction of sp³-hybridized carbons (Fsp3) is 0. The van der Waals surface area contributed by atoms with E-state index in [0.29, 0.717) is 0 Å². The van der Waals surface area contributed by atoms with Crippen LogP contribution in [0.15, 0.2) is 0 Å². The molecular formula is H6K2O8S. The SMILES string of the molecule is O.O.O.O=S(=O)([O-])O[O-].[K+].[K+]. The van der Waals surface area contributed by atoms with Gasteiger partial charge in [-0.15, -0.1) is 0 Å². The van der Waals surface area contributed by atoms with Crippen LogP contribution in [-0.4, -0.2) is 29.4 Å². The third-order valence-corrected chi connectivity index (χ3v) is 0.250. The van der Waals surface area contributed by atoms with Crippen molar-refractivity contribution < 1.29 is 142 Å². The van der Waals surface area contributed by atoms with Gasteiger partial charge in [0.15, 0.2) is 0 Å². The predicted octanol–water partition coefficient (Wildman–Crippen LogP) is -10.7. The van der Waals surface area contributed by atoms with Crippen LogP contribution in [0.5, 0.6) is 0 Å². The molecule has 0 aromatic carbocycles. The fourth-order valence-corrected chi connectivity index (χ4v) is 0. The van der Waals surface area contributed by atoms with Crippen molar-refractivity contribution >= 4 is 10.4 Å². The Hall–Kier alpha value is 2.98. The van der Waals surface area contributed by atoms with E-state index in [1.165, 1.54) is 0 Å². The molecule has 0 fully saturated rings. The van der Waals surface area contributed by atoms with Crippen LogP contribution >= 0.6 is 0 Å². The summed E-state index contributed by atoms with van der Waals surface area (Å²) in [6, 6.07) is 0. The molecule has 0 amide bonds. The molecule has 0 spiro atoms. The van der Waals surface area contributed by atoms with Crippen LogP contribution in [0.25, 0.3) is 0 Å². The molecule has 0 aromatic rings. The average molecular weight is 244 g/mol. The molecule has 6 N–H and O–H groups in total. The van der Waals surface area contributed by atoms with Gasteiger partial charge in [-0.2, -0.15) is 0 Å². The average Bonchev–Trinajstić information content (AvgIpc) is 1.35. The third-order valence-electron chi connectivity index (χ3n) is 0.0833. The summed E-state index contributed by atoms with van der Waals surface area (Å²) >= 11 is 0. The minimum atomic E-state index is -4.97. The Kier molecular flexibility index (Phi) is 62.9. The van der Waals surface area contributed by atoms with Crippen LogP contribution in [0.1, 0.15) is 0 Å². The van der Waals surface area contributed by atoms with Crippen LogP contribution < -0.4 is 108 Å². The summed E-state index contributed by atoms with van der Waals surface area (Å²) < 4.78 is 28.8. The minimum absolute atomic E-state index is 0. The smallest absolute Gasteiger partial charge is 0.726 e. The van der Waals surface area contributed by atoms with Crippen molar-refractivity contribution in [3.63, 3.8) is 0 Å². The predicted molar refractivity (Wildman–Crippen MR) is 21.6 cm³/mol. The van der Waals surface area contributed by atoms with Crippen molar-refractivity contribution in [2.45, 2.75) is 0 Å². The standard InChI is InChI=1S/2K.H2O5S.3H2O/c;;1-5-6(2,3)4;;;/h;;1H,(H,2,3,4);3*1H2/q2*+1;;;;/p-2. The van der Waals surface area contributed by atoms with E-state index < -0.39 is 10.4 Å². The van der Waals surface area contributed by atoms with Crippen molar-refractivity contribution in [3.05, 3.63) is 0 Å². The number of hydrogen-bond acceptors (Lipinski definition) is 5. The molecule has 0 aliphatic carbocycles. The summed E-state index contributed by atoms with van der Waals surface area (Å²) in [6.07, 6.45) is 0. The molecule has 0 radical (unpaired) electrons. The first-order chi connectivity index (χ1) is 2.56. The van der Waals surface area contributed by atoms with Gasteiger partial charge in [0.2, 0.25) is 10.4 Å². The van der Waals surface area contributed by atoms with Gasteiger partial charge < -0.3 is 30.6 Å². The molecule has 11 heavy (non-hydrogen) atoms. The first-order valence-electron chi connectivity index (χ1n) is 0.833. The van der Waals surface area contributed by atoms with E-state index in [2.05, 4.69) is 4.33 Å². The Morgan fingerprint density at radius 3 is 1.09 bits per heavy atom. The Bertz CT molecular complexity index is 114. The molecule has 0 unspecified atom stereocenters. The van der Waals surface area contributed by atoms with Gasteiger partial charge in [0.1, 0.15) is 0 Å². The monoisotopic (exact) mass is 244 g/mol. The summed E-state index contributed by atoms with van der Waals surface area (Å²) in [6.45, 7) is 0. The maximum absolute atomic E-state index is 8.91. The second-order valence-electron chi connectivity index (χ2n) is 0.476. The van der Waals surface area contributed by atoms with E-state index in [1.54, 1.807) is 0 Å². The van der Waals surface area contributed by atoms with E-state index >= 15 is 0 Å². The molecule has 0 saturated carbocycles. The molecule has 62 valence electrons. The van der Waals surface area contributed by atoms with E-state index in [9.17, 15) is 0 Å². The Morgan fingerprint density at radius 1 is 1.00 bits per heavy atom. The molecule has 0 aliphatic heterocycles. The van der Waals surface area contributed by atoms with Gasteiger partial charge in [0.25, 0.3) is 0 Å². The van der Waals surface area contributed by atoms with Crippen LogP contribution in [0, 0.1) is 0 Å². The van der Waals surface area contributed by atoms with E-state index in [1.807, 2.05) is 0 Å². The van der Waals surface area contributed by atoms with Crippen molar-refractivity contribution in [2.24, 2.45) is 0 Å². The summed E-state index contributed by atoms with van der Waals surface area (Å²) in [7, 11) is -4.97. The van der Waals surface area contributed by atoms with Gasteiger partial charge in [-0.1, -0.05) is 0 Å². The van der Waals surface area contributed by atoms with Gasteiger partial charge in [-0.05, 0) is 0 Å². The van der Waals surface area contributed by atoms with E-state index in [4.69, 9.17) is 18.2 Å². The van der Waals surface area contributed by atoms with Gasteiger partial charge in [0, 0.05) is 0 Å². The Morgan fingerprint density at radius 2 is 1.09 bits per heavy atom. The first-order valence-corrected chi connectivity index (χ1v) is 2.17. The molecule has 0 heterocycles. The Labute approximate surface area is 148 Å². The molecule has 0 aromatic heterocycles. The molecule has 11 heteroatoms. The topological polar surface area (TPSA) is 184 Å². The van der Waals surface area contributed by atoms with Crippen LogP contribution in [0.2, 0.25) is 0 Å². The minimum Gasteiger partial charge on any atom is -0.726 e. The normalized spacial score (nSPS) is 6.36. The van der Waals surface area contributed by atoms with Gasteiger partial charge >= 0.3 is 103 Å². The largest absolute Gasteiger partial charge is 1.00 e. The molecule has 8 nitrogen and oxygen atoms in total. The van der Waals surface area contributed by atoms with E-state index in [0.717, 1.165) is 0 Å². The summed E-state index contributed by atoms with van der Waals surface area (Å²) in [5.74, 6) is 0. The summed E-state index contributed by atoms with van der Waals surface area (Å²) in [4.78, 5) is 0. The fourth-order valence-electron chi connectivity index (χ4n) is 0. The second-order valence-corrected chi connectivity index (χ2v) is 1.43. The number of rotatable bonds is 1. The van der Waals surface area contributed by atoms with Gasteiger partial charge in [0.05, 0.1) is 0 Å². The molecule has 0 saturated heterocycles. The second kappa shape index (κ2) is 18.7. The maximum Gasteiger partial charge on any atom is 1.00 e. The Balaban J connectivity index is -0.0000000125. The quantitative estimate of drug-likeness (QED) is 0.145.